The minimum absolute atomic E-state index is 0.00644. The molecule has 0 amide bonds. The molecule has 134 valence electrons. The maximum atomic E-state index is 12.8. The molecular weight excluding hydrogens is 353 g/mol. The molecule has 2 atom stereocenters. The highest BCUT2D eigenvalue weighted by atomic mass is 32.1. The summed E-state index contributed by atoms with van der Waals surface area (Å²) in [5, 5.41) is 10.00. The molecule has 0 bridgehead atoms. The maximum absolute atomic E-state index is 12.8. The Morgan fingerprint density at radius 3 is 2.80 bits per heavy atom. The van der Waals surface area contributed by atoms with Crippen LogP contribution < -0.4 is 4.90 Å². The summed E-state index contributed by atoms with van der Waals surface area (Å²) < 4.78 is 38.4. The lowest BCUT2D eigenvalue weighted by molar-refractivity contribution is -0.137. The van der Waals surface area contributed by atoms with Gasteiger partial charge in [0.1, 0.15) is 0 Å². The van der Waals surface area contributed by atoms with E-state index in [-0.39, 0.29) is 18.1 Å². The molecule has 1 aromatic carbocycles. The third-order valence-electron chi connectivity index (χ3n) is 4.44. The number of aromatic nitrogens is 1. The van der Waals surface area contributed by atoms with Crippen molar-refractivity contribution in [2.75, 3.05) is 24.6 Å². The fourth-order valence-corrected chi connectivity index (χ4v) is 3.82. The first-order valence-electron chi connectivity index (χ1n) is 7.83. The molecule has 0 aliphatic carbocycles. The van der Waals surface area contributed by atoms with E-state index in [9.17, 15) is 23.1 Å². The highest BCUT2D eigenvalue weighted by Crippen LogP contribution is 2.33. The quantitative estimate of drug-likeness (QED) is 0.838. The second-order valence-electron chi connectivity index (χ2n) is 6.24. The van der Waals surface area contributed by atoms with Gasteiger partial charge in [-0.3, -0.25) is 4.79 Å². The predicted octanol–water partition coefficient (Wildman–Crippen LogP) is 3.46. The molecule has 1 aromatic heterocycles. The molecule has 25 heavy (non-hydrogen) atoms. The van der Waals surface area contributed by atoms with Crippen LogP contribution >= 0.6 is 11.3 Å². The van der Waals surface area contributed by atoms with Gasteiger partial charge in [0.2, 0.25) is 5.78 Å². The second-order valence-corrected chi connectivity index (χ2v) is 7.25. The molecule has 8 heteroatoms. The van der Waals surface area contributed by atoms with Crippen LogP contribution in [0.3, 0.4) is 0 Å². The summed E-state index contributed by atoms with van der Waals surface area (Å²) in [5.41, 5.74) is -0.852. The van der Waals surface area contributed by atoms with Crippen molar-refractivity contribution in [3.05, 3.63) is 46.5 Å². The lowest BCUT2D eigenvalue weighted by atomic mass is 10.00. The van der Waals surface area contributed by atoms with Crippen molar-refractivity contribution >= 4 is 22.3 Å². The molecule has 2 heterocycles. The minimum Gasteiger partial charge on any atom is -0.396 e. The molecule has 1 aliphatic rings. The zero-order valence-electron chi connectivity index (χ0n) is 13.5. The van der Waals surface area contributed by atoms with E-state index in [0.29, 0.717) is 22.5 Å². The van der Waals surface area contributed by atoms with Gasteiger partial charge in [0.15, 0.2) is 5.13 Å². The van der Waals surface area contributed by atoms with Gasteiger partial charge in [-0.05, 0) is 18.1 Å². The SMILES string of the molecule is CC1CN(c2ncc(C(=O)c3cccc(C(F)(F)F)c3)s2)CC1CO. The van der Waals surface area contributed by atoms with E-state index in [1.54, 1.807) is 0 Å². The summed E-state index contributed by atoms with van der Waals surface area (Å²) in [6, 6.07) is 4.40. The third kappa shape index (κ3) is 3.69. The van der Waals surface area contributed by atoms with Crippen LogP contribution in [0.2, 0.25) is 0 Å². The Morgan fingerprint density at radius 1 is 1.40 bits per heavy atom. The van der Waals surface area contributed by atoms with Crippen molar-refractivity contribution in [1.82, 2.24) is 4.98 Å². The van der Waals surface area contributed by atoms with E-state index in [2.05, 4.69) is 4.98 Å². The average Bonchev–Trinajstić information content (AvgIpc) is 3.20. The van der Waals surface area contributed by atoms with Gasteiger partial charge in [-0.25, -0.2) is 4.98 Å². The third-order valence-corrected chi connectivity index (χ3v) is 5.50. The predicted molar refractivity (Wildman–Crippen MR) is 88.9 cm³/mol. The normalized spacial score (nSPS) is 20.9. The van der Waals surface area contributed by atoms with Gasteiger partial charge in [0.05, 0.1) is 16.6 Å². The largest absolute Gasteiger partial charge is 0.416 e. The van der Waals surface area contributed by atoms with Crippen molar-refractivity contribution in [3.63, 3.8) is 0 Å². The number of carbonyl (C=O) groups is 1. The number of rotatable bonds is 4. The Kier molecular flexibility index (Phi) is 4.83. The van der Waals surface area contributed by atoms with Gasteiger partial charge >= 0.3 is 6.18 Å². The Bertz CT molecular complexity index is 775. The lowest BCUT2D eigenvalue weighted by Crippen LogP contribution is -2.20. The summed E-state index contributed by atoms with van der Waals surface area (Å²) in [6.45, 7) is 3.53. The summed E-state index contributed by atoms with van der Waals surface area (Å²) in [5.74, 6) is 0.00356. The molecule has 4 nitrogen and oxygen atoms in total. The highest BCUT2D eigenvalue weighted by Gasteiger charge is 2.32. The zero-order valence-corrected chi connectivity index (χ0v) is 14.3. The van der Waals surface area contributed by atoms with Gasteiger partial charge in [-0.1, -0.05) is 30.4 Å². The van der Waals surface area contributed by atoms with Gasteiger partial charge in [-0.2, -0.15) is 13.2 Å². The van der Waals surface area contributed by atoms with Crippen molar-refractivity contribution in [3.8, 4) is 0 Å². The van der Waals surface area contributed by atoms with Gasteiger partial charge < -0.3 is 10.0 Å². The number of aliphatic hydroxyl groups is 1. The molecule has 1 fully saturated rings. The van der Waals surface area contributed by atoms with Crippen LogP contribution in [-0.4, -0.2) is 35.6 Å². The van der Waals surface area contributed by atoms with Crippen molar-refractivity contribution < 1.29 is 23.1 Å². The van der Waals surface area contributed by atoms with Crippen molar-refractivity contribution in [2.24, 2.45) is 11.8 Å². The highest BCUT2D eigenvalue weighted by molar-refractivity contribution is 7.17. The Labute approximate surface area is 146 Å². The minimum atomic E-state index is -4.49. The van der Waals surface area contributed by atoms with Crippen LogP contribution in [0.4, 0.5) is 18.3 Å². The Hall–Kier alpha value is -1.93. The average molecular weight is 370 g/mol. The van der Waals surface area contributed by atoms with Crippen LogP contribution in [0.15, 0.2) is 30.5 Å². The first-order valence-corrected chi connectivity index (χ1v) is 8.65. The fraction of sp³-hybridized carbons (Fsp3) is 0.412. The fourth-order valence-electron chi connectivity index (χ4n) is 2.92. The van der Waals surface area contributed by atoms with Crippen molar-refractivity contribution in [2.45, 2.75) is 13.1 Å². The smallest absolute Gasteiger partial charge is 0.396 e. The number of benzene rings is 1. The topological polar surface area (TPSA) is 53.4 Å². The van der Waals surface area contributed by atoms with Gasteiger partial charge in [0.25, 0.3) is 0 Å². The Morgan fingerprint density at radius 2 is 2.16 bits per heavy atom. The van der Waals surface area contributed by atoms with Crippen LogP contribution in [0.1, 0.15) is 27.7 Å². The summed E-state index contributed by atoms with van der Waals surface area (Å²) in [4.78, 5) is 19.0. The Balaban J connectivity index is 1.80. The van der Waals surface area contributed by atoms with E-state index >= 15 is 0 Å². The number of alkyl halides is 3. The summed E-state index contributed by atoms with van der Waals surface area (Å²) >= 11 is 1.16. The van der Waals surface area contributed by atoms with Gasteiger partial charge in [0, 0.05) is 31.2 Å². The second kappa shape index (κ2) is 6.76. The van der Waals surface area contributed by atoms with Gasteiger partial charge in [-0.15, -0.1) is 0 Å². The monoisotopic (exact) mass is 370 g/mol. The summed E-state index contributed by atoms with van der Waals surface area (Å²) in [7, 11) is 0. The van der Waals surface area contributed by atoms with E-state index in [1.165, 1.54) is 18.3 Å². The summed E-state index contributed by atoms with van der Waals surface area (Å²) in [6.07, 6.45) is -3.08. The standard InChI is InChI=1S/C17H17F3N2O2S/c1-10-7-22(8-12(10)9-23)16-21-6-14(25-16)15(24)11-3-2-4-13(5-11)17(18,19)20/h2-6,10,12,23H,7-9H2,1H3. The number of thiazole rings is 1. The molecule has 0 radical (unpaired) electrons. The van der Waals surface area contributed by atoms with E-state index < -0.39 is 17.5 Å². The number of halogens is 3. The van der Waals surface area contributed by atoms with Crippen LogP contribution in [0.5, 0.6) is 0 Å². The number of anilines is 1. The molecule has 3 rings (SSSR count). The lowest BCUT2D eigenvalue weighted by Gasteiger charge is -2.13. The first-order chi connectivity index (χ1) is 11.8. The first kappa shape index (κ1) is 17.9. The molecule has 2 unspecified atom stereocenters. The number of hydrogen-bond donors (Lipinski definition) is 1. The maximum Gasteiger partial charge on any atom is 0.416 e. The van der Waals surface area contributed by atoms with Crippen molar-refractivity contribution in [1.29, 1.82) is 0 Å². The van der Waals surface area contributed by atoms with E-state index in [1.807, 2.05) is 11.8 Å². The molecule has 1 N–H and O–H groups in total. The van der Waals surface area contributed by atoms with Crippen LogP contribution in [0.25, 0.3) is 0 Å². The molecule has 1 aliphatic heterocycles. The number of nitrogens with zero attached hydrogens (tertiary/aromatic N) is 2. The molecule has 0 spiro atoms. The zero-order chi connectivity index (χ0) is 18.2. The number of ketones is 1. The number of hydrogen-bond acceptors (Lipinski definition) is 5. The number of carbonyl (C=O) groups excluding carboxylic acids is 1. The molecule has 1 saturated heterocycles. The molecular formula is C17H17F3N2O2S. The van der Waals surface area contributed by atoms with Crippen LogP contribution in [0, 0.1) is 11.8 Å². The number of aliphatic hydroxyl groups excluding tert-OH is 1. The molecule has 0 saturated carbocycles. The van der Waals surface area contributed by atoms with E-state index in [4.69, 9.17) is 0 Å². The van der Waals surface area contributed by atoms with E-state index in [0.717, 1.165) is 30.0 Å². The van der Waals surface area contributed by atoms with Crippen LogP contribution in [-0.2, 0) is 6.18 Å². The molecule has 2 aromatic rings.